The Morgan fingerprint density at radius 3 is 2.80 bits per heavy atom. The molecule has 0 spiro atoms. The third-order valence-corrected chi connectivity index (χ3v) is 3.72. The fourth-order valence-electron chi connectivity index (χ4n) is 2.47. The van der Waals surface area contributed by atoms with Crippen molar-refractivity contribution in [2.24, 2.45) is 5.16 Å². The standard InChI is InChI=1S/C17H14N6O2/c24-16(13-10-14(25-23-13)11-6-2-1-3-7-11)20-17-19-15(21-22-17)12-8-4-5-9-18-12/h1-9,14H,10H2,(H2,19,20,21,22,24)/t14-/m0/s1. The SMILES string of the molecule is O=C(Nc1n[nH]c(-c2ccccn2)n1)C1=NO[C@H](c2ccccc2)C1. The molecule has 0 saturated carbocycles. The number of nitrogens with one attached hydrogen (secondary N) is 2. The molecular weight excluding hydrogens is 320 g/mol. The summed E-state index contributed by atoms with van der Waals surface area (Å²) in [7, 11) is 0. The zero-order valence-corrected chi connectivity index (χ0v) is 13.1. The highest BCUT2D eigenvalue weighted by atomic mass is 16.6. The molecule has 1 atom stereocenters. The first-order valence-electron chi connectivity index (χ1n) is 7.72. The molecule has 1 aliphatic heterocycles. The molecular formula is C17H14N6O2. The number of rotatable bonds is 4. The first-order valence-corrected chi connectivity index (χ1v) is 7.72. The Bertz CT molecular complexity index is 907. The molecule has 0 unspecified atom stereocenters. The van der Waals surface area contributed by atoms with Crippen molar-refractivity contribution in [3.63, 3.8) is 0 Å². The normalized spacial score (nSPS) is 16.2. The van der Waals surface area contributed by atoms with Crippen LogP contribution in [0.15, 0.2) is 59.9 Å². The number of amides is 1. The second-order valence-electron chi connectivity index (χ2n) is 5.42. The third-order valence-electron chi connectivity index (χ3n) is 3.72. The lowest BCUT2D eigenvalue weighted by Gasteiger charge is -2.07. The van der Waals surface area contributed by atoms with Gasteiger partial charge in [0.1, 0.15) is 11.4 Å². The quantitative estimate of drug-likeness (QED) is 0.762. The van der Waals surface area contributed by atoms with Gasteiger partial charge in [-0.05, 0) is 17.7 Å². The van der Waals surface area contributed by atoms with Crippen LogP contribution in [0.2, 0.25) is 0 Å². The maximum atomic E-state index is 12.3. The van der Waals surface area contributed by atoms with E-state index in [0.29, 0.717) is 23.7 Å². The number of oxime groups is 1. The number of aromatic amines is 1. The Morgan fingerprint density at radius 2 is 2.00 bits per heavy atom. The summed E-state index contributed by atoms with van der Waals surface area (Å²) in [5, 5.41) is 13.2. The summed E-state index contributed by atoms with van der Waals surface area (Å²) in [6.45, 7) is 0. The van der Waals surface area contributed by atoms with Crippen molar-refractivity contribution in [2.75, 3.05) is 5.32 Å². The maximum absolute atomic E-state index is 12.3. The molecule has 1 aromatic carbocycles. The van der Waals surface area contributed by atoms with Gasteiger partial charge in [-0.15, -0.1) is 5.10 Å². The van der Waals surface area contributed by atoms with Crippen molar-refractivity contribution in [1.29, 1.82) is 0 Å². The molecule has 1 aliphatic rings. The van der Waals surface area contributed by atoms with Crippen LogP contribution in [0.5, 0.6) is 0 Å². The lowest BCUT2D eigenvalue weighted by atomic mass is 10.0. The zero-order chi connectivity index (χ0) is 17.1. The Morgan fingerprint density at radius 1 is 1.16 bits per heavy atom. The van der Waals surface area contributed by atoms with Gasteiger partial charge in [0.05, 0.1) is 0 Å². The largest absolute Gasteiger partial charge is 0.387 e. The molecule has 25 heavy (non-hydrogen) atoms. The van der Waals surface area contributed by atoms with Gasteiger partial charge in [-0.3, -0.25) is 20.2 Å². The predicted octanol–water partition coefficient (Wildman–Crippen LogP) is 2.32. The highest BCUT2D eigenvalue weighted by Crippen LogP contribution is 2.27. The van der Waals surface area contributed by atoms with Gasteiger partial charge in [0.2, 0.25) is 5.95 Å². The summed E-state index contributed by atoms with van der Waals surface area (Å²) in [5.41, 5.74) is 1.92. The average molecular weight is 334 g/mol. The van der Waals surface area contributed by atoms with E-state index in [1.54, 1.807) is 12.3 Å². The molecule has 4 rings (SSSR count). The van der Waals surface area contributed by atoms with E-state index >= 15 is 0 Å². The van der Waals surface area contributed by atoms with E-state index < -0.39 is 0 Å². The number of H-pyrrole nitrogens is 1. The molecule has 3 heterocycles. The Kier molecular flexibility index (Phi) is 3.91. The average Bonchev–Trinajstić information content (AvgIpc) is 3.33. The Labute approximate surface area is 143 Å². The zero-order valence-electron chi connectivity index (χ0n) is 13.1. The van der Waals surface area contributed by atoms with E-state index in [9.17, 15) is 4.79 Å². The molecule has 0 fully saturated rings. The summed E-state index contributed by atoms with van der Waals surface area (Å²) >= 11 is 0. The first kappa shape index (κ1) is 15.0. The molecule has 0 saturated heterocycles. The second-order valence-corrected chi connectivity index (χ2v) is 5.42. The number of hydrogen-bond donors (Lipinski definition) is 2. The molecule has 8 heteroatoms. The van der Waals surface area contributed by atoms with Crippen molar-refractivity contribution < 1.29 is 9.63 Å². The molecule has 8 nitrogen and oxygen atoms in total. The molecule has 0 bridgehead atoms. The highest BCUT2D eigenvalue weighted by Gasteiger charge is 2.27. The number of anilines is 1. The summed E-state index contributed by atoms with van der Waals surface area (Å²) in [6.07, 6.45) is 1.80. The number of nitrogens with zero attached hydrogens (tertiary/aromatic N) is 4. The number of carbonyl (C=O) groups is 1. The molecule has 2 aromatic heterocycles. The van der Waals surface area contributed by atoms with Crippen LogP contribution in [0.3, 0.4) is 0 Å². The lowest BCUT2D eigenvalue weighted by molar-refractivity contribution is -0.110. The van der Waals surface area contributed by atoms with E-state index in [-0.39, 0.29) is 18.0 Å². The number of aromatic nitrogens is 4. The van der Waals surface area contributed by atoms with E-state index in [4.69, 9.17) is 4.84 Å². The monoisotopic (exact) mass is 334 g/mol. The van der Waals surface area contributed by atoms with Crippen LogP contribution in [-0.4, -0.2) is 31.8 Å². The van der Waals surface area contributed by atoms with Crippen molar-refractivity contribution in [2.45, 2.75) is 12.5 Å². The molecule has 0 radical (unpaired) electrons. The predicted molar refractivity (Wildman–Crippen MR) is 90.6 cm³/mol. The van der Waals surface area contributed by atoms with Crippen LogP contribution in [0.4, 0.5) is 5.95 Å². The summed E-state index contributed by atoms with van der Waals surface area (Å²) in [5.74, 6) is 0.254. The van der Waals surface area contributed by atoms with Gasteiger partial charge in [0, 0.05) is 12.6 Å². The van der Waals surface area contributed by atoms with Gasteiger partial charge in [0.15, 0.2) is 11.9 Å². The summed E-state index contributed by atoms with van der Waals surface area (Å²) in [6, 6.07) is 15.1. The maximum Gasteiger partial charge on any atom is 0.276 e. The Hall–Kier alpha value is -3.55. The van der Waals surface area contributed by atoms with Gasteiger partial charge >= 0.3 is 0 Å². The van der Waals surface area contributed by atoms with Crippen LogP contribution in [0.1, 0.15) is 18.1 Å². The van der Waals surface area contributed by atoms with E-state index in [1.165, 1.54) is 0 Å². The van der Waals surface area contributed by atoms with Crippen LogP contribution >= 0.6 is 0 Å². The van der Waals surface area contributed by atoms with Gasteiger partial charge in [-0.1, -0.05) is 41.6 Å². The smallest absolute Gasteiger partial charge is 0.276 e. The number of carbonyl (C=O) groups excluding carboxylic acids is 1. The minimum atomic E-state index is -0.384. The lowest BCUT2D eigenvalue weighted by Crippen LogP contribution is -2.22. The van der Waals surface area contributed by atoms with E-state index in [1.807, 2.05) is 42.5 Å². The summed E-state index contributed by atoms with van der Waals surface area (Å²) in [4.78, 5) is 26.0. The van der Waals surface area contributed by atoms with Crippen LogP contribution in [0.25, 0.3) is 11.5 Å². The molecule has 2 N–H and O–H groups in total. The highest BCUT2D eigenvalue weighted by molar-refractivity contribution is 6.43. The van der Waals surface area contributed by atoms with Gasteiger partial charge in [-0.2, -0.15) is 4.98 Å². The van der Waals surface area contributed by atoms with Gasteiger partial charge in [-0.25, -0.2) is 0 Å². The van der Waals surface area contributed by atoms with Crippen LogP contribution in [-0.2, 0) is 9.63 Å². The van der Waals surface area contributed by atoms with Crippen LogP contribution < -0.4 is 5.32 Å². The van der Waals surface area contributed by atoms with Crippen molar-refractivity contribution in [3.8, 4) is 11.5 Å². The number of pyridine rings is 1. The minimum absolute atomic E-state index is 0.163. The van der Waals surface area contributed by atoms with Gasteiger partial charge in [0.25, 0.3) is 5.91 Å². The third kappa shape index (κ3) is 3.23. The van der Waals surface area contributed by atoms with E-state index in [0.717, 1.165) is 5.56 Å². The number of benzene rings is 1. The fraction of sp³-hybridized carbons (Fsp3) is 0.118. The minimum Gasteiger partial charge on any atom is -0.387 e. The van der Waals surface area contributed by atoms with Crippen LogP contribution in [0, 0.1) is 0 Å². The summed E-state index contributed by atoms with van der Waals surface area (Å²) < 4.78 is 0. The Balaban J connectivity index is 1.41. The number of hydrogen-bond acceptors (Lipinski definition) is 6. The van der Waals surface area contributed by atoms with E-state index in [2.05, 4.69) is 30.6 Å². The topological polar surface area (TPSA) is 105 Å². The molecule has 0 aliphatic carbocycles. The van der Waals surface area contributed by atoms with Crippen molar-refractivity contribution in [1.82, 2.24) is 20.2 Å². The second kappa shape index (κ2) is 6.52. The van der Waals surface area contributed by atoms with Crippen molar-refractivity contribution >= 4 is 17.6 Å². The molecule has 124 valence electrons. The fourth-order valence-corrected chi connectivity index (χ4v) is 2.47. The first-order chi connectivity index (χ1) is 12.3. The molecule has 3 aromatic rings. The van der Waals surface area contributed by atoms with Crippen molar-refractivity contribution in [3.05, 3.63) is 60.3 Å². The molecule has 1 amide bonds. The van der Waals surface area contributed by atoms with Gasteiger partial charge < -0.3 is 4.84 Å².